The Morgan fingerprint density at radius 2 is 1.92 bits per heavy atom. The lowest BCUT2D eigenvalue weighted by atomic mass is 9.99. The topological polar surface area (TPSA) is 72.9 Å². The summed E-state index contributed by atoms with van der Waals surface area (Å²) in [5, 5.41) is 7.60. The minimum absolute atomic E-state index is 0. The molecular weight excluding hydrogens is 336 g/mol. The highest BCUT2D eigenvalue weighted by atomic mass is 35.5. The van der Waals surface area contributed by atoms with Gasteiger partial charge in [-0.25, -0.2) is 4.68 Å². The fourth-order valence-corrected chi connectivity index (χ4v) is 2.71. The maximum atomic E-state index is 12.2. The van der Waals surface area contributed by atoms with Crippen LogP contribution in [-0.4, -0.2) is 27.8 Å². The molecule has 0 aliphatic rings. The number of nitrogens with zero attached hydrogens (tertiary/aromatic N) is 2. The Morgan fingerprint density at radius 3 is 2.52 bits per heavy atom. The van der Waals surface area contributed by atoms with Gasteiger partial charge in [0.25, 0.3) is 0 Å². The van der Waals surface area contributed by atoms with Crippen molar-refractivity contribution in [1.82, 2.24) is 15.1 Å². The normalized spacial score (nSPS) is 14.3. The molecule has 2 aromatic rings. The number of carbonyl (C=O) groups is 1. The van der Waals surface area contributed by atoms with Crippen LogP contribution in [0.1, 0.15) is 38.6 Å². The maximum absolute atomic E-state index is 12.2. The molecule has 0 aliphatic carbocycles. The number of hydrogen-bond acceptors (Lipinski definition) is 3. The van der Waals surface area contributed by atoms with Crippen LogP contribution in [-0.2, 0) is 11.2 Å². The fraction of sp³-hybridized carbons (Fsp3) is 0.474. The average Bonchev–Trinajstić information content (AvgIpc) is 2.94. The lowest BCUT2D eigenvalue weighted by Gasteiger charge is -2.21. The Morgan fingerprint density at radius 1 is 1.28 bits per heavy atom. The molecule has 0 saturated heterocycles. The molecule has 3 N–H and O–H groups in total. The molecule has 0 radical (unpaired) electrons. The zero-order valence-electron chi connectivity index (χ0n) is 15.4. The van der Waals surface area contributed by atoms with Crippen LogP contribution in [0.25, 0.3) is 5.69 Å². The minimum Gasteiger partial charge on any atom is -0.352 e. The molecule has 0 aliphatic heterocycles. The summed E-state index contributed by atoms with van der Waals surface area (Å²) >= 11 is 0. The number of aromatic nitrogens is 2. The zero-order valence-corrected chi connectivity index (χ0v) is 16.2. The quantitative estimate of drug-likeness (QED) is 0.793. The van der Waals surface area contributed by atoms with E-state index < -0.39 is 6.04 Å². The molecule has 0 fully saturated rings. The van der Waals surface area contributed by atoms with Crippen molar-refractivity contribution in [1.29, 1.82) is 0 Å². The van der Waals surface area contributed by atoms with Crippen molar-refractivity contribution in [3.05, 3.63) is 47.8 Å². The number of amides is 1. The van der Waals surface area contributed by atoms with Gasteiger partial charge in [0, 0.05) is 18.2 Å². The highest BCUT2D eigenvalue weighted by Crippen LogP contribution is 2.14. The number of benzene rings is 1. The molecule has 1 amide bonds. The number of para-hydroxylation sites is 1. The van der Waals surface area contributed by atoms with Crippen molar-refractivity contribution < 1.29 is 4.79 Å². The second-order valence-corrected chi connectivity index (χ2v) is 6.55. The summed E-state index contributed by atoms with van der Waals surface area (Å²) in [6.07, 6.45) is 1.59. The van der Waals surface area contributed by atoms with Crippen molar-refractivity contribution in [2.45, 2.75) is 52.6 Å². The predicted molar refractivity (Wildman–Crippen MR) is 104 cm³/mol. The number of nitrogens with two attached hydrogens (primary N) is 1. The van der Waals surface area contributed by atoms with E-state index in [9.17, 15) is 4.79 Å². The van der Waals surface area contributed by atoms with E-state index in [1.165, 1.54) is 0 Å². The second kappa shape index (κ2) is 9.59. The lowest BCUT2D eigenvalue weighted by molar-refractivity contribution is -0.124. The third kappa shape index (κ3) is 5.58. The smallest absolute Gasteiger partial charge is 0.237 e. The number of aryl methyl sites for hydroxylation is 1. The summed E-state index contributed by atoms with van der Waals surface area (Å²) < 4.78 is 1.94. The van der Waals surface area contributed by atoms with Crippen LogP contribution in [0.15, 0.2) is 36.4 Å². The fourth-order valence-electron chi connectivity index (χ4n) is 2.71. The van der Waals surface area contributed by atoms with Gasteiger partial charge in [0.15, 0.2) is 0 Å². The van der Waals surface area contributed by atoms with Crippen LogP contribution >= 0.6 is 12.4 Å². The van der Waals surface area contributed by atoms with Crippen LogP contribution in [0.5, 0.6) is 0 Å². The Balaban J connectivity index is 0.00000312. The summed E-state index contributed by atoms with van der Waals surface area (Å²) in [5.41, 5.74) is 9.07. The summed E-state index contributed by atoms with van der Waals surface area (Å²) in [6, 6.07) is 11.6. The average molecular weight is 365 g/mol. The van der Waals surface area contributed by atoms with Gasteiger partial charge in [-0.2, -0.15) is 5.10 Å². The van der Waals surface area contributed by atoms with Crippen molar-refractivity contribution in [3.8, 4) is 5.69 Å². The molecule has 2 rings (SSSR count). The predicted octanol–water partition coefficient (Wildman–Crippen LogP) is 3.02. The first-order chi connectivity index (χ1) is 11.4. The monoisotopic (exact) mass is 364 g/mol. The molecule has 25 heavy (non-hydrogen) atoms. The van der Waals surface area contributed by atoms with E-state index in [2.05, 4.69) is 16.5 Å². The molecule has 3 unspecified atom stereocenters. The Labute approximate surface area is 156 Å². The van der Waals surface area contributed by atoms with E-state index in [1.54, 1.807) is 0 Å². The van der Waals surface area contributed by atoms with E-state index in [0.29, 0.717) is 6.42 Å². The first-order valence-electron chi connectivity index (χ1n) is 8.59. The SMILES string of the molecule is CCC(C)C(N)C(=O)NC(C)Cc1cc(C)nn1-c1ccccc1.Cl. The van der Waals surface area contributed by atoms with E-state index >= 15 is 0 Å². The van der Waals surface area contributed by atoms with Crippen LogP contribution in [0.2, 0.25) is 0 Å². The molecule has 1 aromatic carbocycles. The van der Waals surface area contributed by atoms with Gasteiger partial charge in [-0.05, 0) is 38.0 Å². The standard InChI is InChI=1S/C19H28N4O.ClH/c1-5-13(2)18(20)19(24)21-14(3)11-17-12-15(4)22-23(17)16-9-7-6-8-10-16;/h6-10,12-14,18H,5,11,20H2,1-4H3,(H,21,24);1H. The molecule has 0 bridgehead atoms. The van der Waals surface area contributed by atoms with Gasteiger partial charge in [0.05, 0.1) is 17.4 Å². The largest absolute Gasteiger partial charge is 0.352 e. The number of halogens is 1. The molecule has 5 nitrogen and oxygen atoms in total. The first-order valence-corrected chi connectivity index (χ1v) is 8.59. The third-order valence-electron chi connectivity index (χ3n) is 4.37. The summed E-state index contributed by atoms with van der Waals surface area (Å²) in [7, 11) is 0. The summed E-state index contributed by atoms with van der Waals surface area (Å²) in [4.78, 5) is 12.2. The number of carbonyl (C=O) groups excluding carboxylic acids is 1. The van der Waals surface area contributed by atoms with E-state index in [1.807, 2.05) is 62.7 Å². The van der Waals surface area contributed by atoms with E-state index in [0.717, 1.165) is 23.5 Å². The van der Waals surface area contributed by atoms with Gasteiger partial charge in [0.2, 0.25) is 5.91 Å². The van der Waals surface area contributed by atoms with Gasteiger partial charge in [-0.1, -0.05) is 38.5 Å². The van der Waals surface area contributed by atoms with E-state index in [-0.39, 0.29) is 30.3 Å². The van der Waals surface area contributed by atoms with Crippen molar-refractivity contribution in [2.24, 2.45) is 11.7 Å². The first kappa shape index (κ1) is 21.2. The Kier molecular flexibility index (Phi) is 8.13. The number of rotatable bonds is 7. The van der Waals surface area contributed by atoms with Gasteiger partial charge in [-0.15, -0.1) is 12.4 Å². The van der Waals surface area contributed by atoms with Crippen LogP contribution < -0.4 is 11.1 Å². The van der Waals surface area contributed by atoms with Crippen molar-refractivity contribution in [2.75, 3.05) is 0 Å². The van der Waals surface area contributed by atoms with Gasteiger partial charge in [-0.3, -0.25) is 4.79 Å². The van der Waals surface area contributed by atoms with Gasteiger partial charge < -0.3 is 11.1 Å². The molecular formula is C19H29ClN4O. The van der Waals surface area contributed by atoms with Crippen molar-refractivity contribution >= 4 is 18.3 Å². The Hall–Kier alpha value is -1.85. The van der Waals surface area contributed by atoms with Crippen LogP contribution in [0, 0.1) is 12.8 Å². The highest BCUT2D eigenvalue weighted by Gasteiger charge is 2.21. The molecule has 3 atom stereocenters. The number of nitrogens with one attached hydrogen (secondary N) is 1. The third-order valence-corrected chi connectivity index (χ3v) is 4.37. The number of hydrogen-bond donors (Lipinski definition) is 2. The highest BCUT2D eigenvalue weighted by molar-refractivity contribution is 5.85. The lowest BCUT2D eigenvalue weighted by Crippen LogP contribution is -2.48. The Bertz CT molecular complexity index is 671. The zero-order chi connectivity index (χ0) is 17.7. The van der Waals surface area contributed by atoms with Gasteiger partial charge >= 0.3 is 0 Å². The molecule has 1 aromatic heterocycles. The van der Waals surface area contributed by atoms with E-state index in [4.69, 9.17) is 5.73 Å². The second-order valence-electron chi connectivity index (χ2n) is 6.55. The molecule has 0 saturated carbocycles. The minimum atomic E-state index is -0.460. The van der Waals surface area contributed by atoms with Crippen LogP contribution in [0.4, 0.5) is 0 Å². The summed E-state index contributed by atoms with van der Waals surface area (Å²) in [6.45, 7) is 8.02. The molecule has 138 valence electrons. The van der Waals surface area contributed by atoms with Gasteiger partial charge in [0.1, 0.15) is 0 Å². The van der Waals surface area contributed by atoms with Crippen LogP contribution in [0.3, 0.4) is 0 Å². The van der Waals surface area contributed by atoms with Crippen molar-refractivity contribution in [3.63, 3.8) is 0 Å². The molecule has 0 spiro atoms. The molecule has 1 heterocycles. The molecule has 6 heteroatoms. The summed E-state index contributed by atoms with van der Waals surface area (Å²) in [5.74, 6) is 0.0913. The maximum Gasteiger partial charge on any atom is 0.237 e.